The van der Waals surface area contributed by atoms with Crippen LogP contribution in [0.2, 0.25) is 0 Å². The summed E-state index contributed by atoms with van der Waals surface area (Å²) in [5, 5.41) is 18.6. The quantitative estimate of drug-likeness (QED) is 0.587. The largest absolute Gasteiger partial charge is 0.481 e. The molecular formula is C17H21F3N2O5. The molecule has 150 valence electrons. The lowest BCUT2D eigenvalue weighted by atomic mass is 9.87. The zero-order chi connectivity index (χ0) is 21.0. The number of nitrogens with zero attached hydrogens (tertiary/aromatic N) is 1. The van der Waals surface area contributed by atoms with Crippen molar-refractivity contribution in [2.45, 2.75) is 44.8 Å². The molecule has 0 aromatic heterocycles. The Morgan fingerprint density at radius 1 is 1.15 bits per heavy atom. The third-order valence-corrected chi connectivity index (χ3v) is 4.39. The van der Waals surface area contributed by atoms with Crippen LogP contribution in [0.15, 0.2) is 18.2 Å². The summed E-state index contributed by atoms with van der Waals surface area (Å²) >= 11 is 0. The van der Waals surface area contributed by atoms with Gasteiger partial charge in [-0.15, -0.1) is 0 Å². The number of alkyl halides is 3. The number of nitrogens with two attached hydrogens (primary N) is 1. The van der Waals surface area contributed by atoms with Crippen LogP contribution >= 0.6 is 0 Å². The van der Waals surface area contributed by atoms with Crippen molar-refractivity contribution in [3.63, 3.8) is 0 Å². The Morgan fingerprint density at radius 2 is 1.74 bits per heavy atom. The predicted molar refractivity (Wildman–Crippen MR) is 90.1 cm³/mol. The van der Waals surface area contributed by atoms with Crippen molar-refractivity contribution in [3.8, 4) is 0 Å². The molecule has 1 rings (SSSR count). The van der Waals surface area contributed by atoms with E-state index in [4.69, 9.17) is 10.8 Å². The Hall–Kier alpha value is -2.78. The summed E-state index contributed by atoms with van der Waals surface area (Å²) in [5.41, 5.74) is 1.22. The highest BCUT2D eigenvalue weighted by Gasteiger charge is 2.46. The van der Waals surface area contributed by atoms with Gasteiger partial charge in [-0.25, -0.2) is 4.79 Å². The molecule has 0 radical (unpaired) electrons. The number of likely N-dealkylation sites (N-methyl/N-ethyl adjacent to an activating group) is 1. The SMILES string of the molecule is CCN(C(=O)c1ccc(N)cc1C(F)(F)F)[C@@](CC)(CCC(=O)O)C(=O)O. The van der Waals surface area contributed by atoms with Crippen molar-refractivity contribution in [1.29, 1.82) is 0 Å². The van der Waals surface area contributed by atoms with E-state index in [0.717, 1.165) is 17.0 Å². The topological polar surface area (TPSA) is 121 Å². The molecule has 1 atom stereocenters. The Bertz CT molecular complexity index is 736. The van der Waals surface area contributed by atoms with Crippen LogP contribution in [0.5, 0.6) is 0 Å². The number of nitrogen functional groups attached to an aromatic ring is 1. The van der Waals surface area contributed by atoms with Crippen molar-refractivity contribution in [2.75, 3.05) is 12.3 Å². The molecule has 0 aliphatic rings. The van der Waals surface area contributed by atoms with Gasteiger partial charge in [0.05, 0.1) is 11.1 Å². The number of carboxylic acid groups (broad SMARTS) is 2. The average Bonchev–Trinajstić information content (AvgIpc) is 2.56. The second kappa shape index (κ2) is 8.28. The van der Waals surface area contributed by atoms with Gasteiger partial charge in [0.1, 0.15) is 5.54 Å². The molecule has 0 fully saturated rings. The van der Waals surface area contributed by atoms with E-state index in [2.05, 4.69) is 0 Å². The van der Waals surface area contributed by atoms with Gasteiger partial charge in [-0.3, -0.25) is 9.59 Å². The highest BCUT2D eigenvalue weighted by molar-refractivity contribution is 5.99. The van der Waals surface area contributed by atoms with E-state index in [1.54, 1.807) is 0 Å². The minimum Gasteiger partial charge on any atom is -0.481 e. The summed E-state index contributed by atoms with van der Waals surface area (Å²) in [4.78, 5) is 36.5. The lowest BCUT2D eigenvalue weighted by Crippen LogP contribution is -2.57. The molecule has 0 aliphatic carbocycles. The molecule has 0 heterocycles. The van der Waals surface area contributed by atoms with Gasteiger partial charge < -0.3 is 20.8 Å². The van der Waals surface area contributed by atoms with Crippen molar-refractivity contribution in [3.05, 3.63) is 29.3 Å². The van der Waals surface area contributed by atoms with Crippen molar-refractivity contribution in [2.24, 2.45) is 0 Å². The number of carbonyl (C=O) groups is 3. The van der Waals surface area contributed by atoms with Crippen LogP contribution in [-0.2, 0) is 15.8 Å². The van der Waals surface area contributed by atoms with Gasteiger partial charge in [-0.1, -0.05) is 6.92 Å². The fourth-order valence-electron chi connectivity index (χ4n) is 2.96. The van der Waals surface area contributed by atoms with E-state index >= 15 is 0 Å². The number of rotatable bonds is 8. The summed E-state index contributed by atoms with van der Waals surface area (Å²) in [5.74, 6) is -3.91. The first kappa shape index (κ1) is 22.3. The maximum Gasteiger partial charge on any atom is 0.417 e. The number of hydrogen-bond acceptors (Lipinski definition) is 4. The van der Waals surface area contributed by atoms with E-state index in [0.29, 0.717) is 6.07 Å². The number of carboxylic acids is 2. The standard InChI is InChI=1S/C17H21F3N2O5/c1-3-16(15(26)27,8-7-13(23)24)22(4-2)14(25)11-6-5-10(21)9-12(11)17(18,19)20/h5-6,9H,3-4,7-8,21H2,1-2H3,(H,23,24)(H,26,27)/t16-/m0/s1. The molecule has 0 saturated heterocycles. The van der Waals surface area contributed by atoms with Gasteiger partial charge in [0.2, 0.25) is 0 Å². The van der Waals surface area contributed by atoms with Crippen molar-refractivity contribution < 1.29 is 37.8 Å². The molecular weight excluding hydrogens is 369 g/mol. The summed E-state index contributed by atoms with van der Waals surface area (Å²) in [6, 6.07) is 2.61. The first-order valence-corrected chi connectivity index (χ1v) is 8.14. The zero-order valence-electron chi connectivity index (χ0n) is 14.8. The molecule has 1 amide bonds. The summed E-state index contributed by atoms with van der Waals surface area (Å²) in [6.45, 7) is 2.62. The molecule has 0 saturated carbocycles. The summed E-state index contributed by atoms with van der Waals surface area (Å²) in [6.07, 6.45) is -6.05. The number of halogens is 3. The number of aliphatic carboxylic acids is 2. The molecule has 27 heavy (non-hydrogen) atoms. The lowest BCUT2D eigenvalue weighted by molar-refractivity contribution is -0.151. The van der Waals surface area contributed by atoms with Gasteiger partial charge in [0, 0.05) is 18.7 Å². The smallest absolute Gasteiger partial charge is 0.417 e. The second-order valence-corrected chi connectivity index (χ2v) is 5.94. The van der Waals surface area contributed by atoms with E-state index in [9.17, 15) is 32.7 Å². The first-order chi connectivity index (χ1) is 12.4. The van der Waals surface area contributed by atoms with E-state index in [1.807, 2.05) is 0 Å². The fraction of sp³-hybridized carbons (Fsp3) is 0.471. The van der Waals surface area contributed by atoms with Crippen LogP contribution in [-0.4, -0.2) is 45.0 Å². The third kappa shape index (κ3) is 4.69. The molecule has 10 heteroatoms. The van der Waals surface area contributed by atoms with E-state index in [-0.39, 0.29) is 18.7 Å². The minimum absolute atomic E-state index is 0.175. The van der Waals surface area contributed by atoms with Crippen molar-refractivity contribution in [1.82, 2.24) is 4.90 Å². The lowest BCUT2D eigenvalue weighted by Gasteiger charge is -2.40. The Balaban J connectivity index is 3.52. The number of benzene rings is 1. The molecule has 0 unspecified atom stereocenters. The molecule has 1 aromatic carbocycles. The Morgan fingerprint density at radius 3 is 2.15 bits per heavy atom. The predicted octanol–water partition coefficient (Wildman–Crippen LogP) is 2.85. The zero-order valence-corrected chi connectivity index (χ0v) is 14.8. The molecule has 7 nitrogen and oxygen atoms in total. The van der Waals surface area contributed by atoms with Gasteiger partial charge in [0.15, 0.2) is 0 Å². The van der Waals surface area contributed by atoms with Crippen LogP contribution in [0.1, 0.15) is 49.0 Å². The first-order valence-electron chi connectivity index (χ1n) is 8.14. The van der Waals surface area contributed by atoms with Crippen LogP contribution in [0.3, 0.4) is 0 Å². The molecule has 0 aliphatic heterocycles. The molecule has 4 N–H and O–H groups in total. The molecule has 0 bridgehead atoms. The normalized spacial score (nSPS) is 13.7. The van der Waals surface area contributed by atoms with Gasteiger partial charge in [-0.2, -0.15) is 13.2 Å². The van der Waals surface area contributed by atoms with Gasteiger partial charge in [-0.05, 0) is 38.0 Å². The highest BCUT2D eigenvalue weighted by Crippen LogP contribution is 2.36. The van der Waals surface area contributed by atoms with Gasteiger partial charge >= 0.3 is 18.1 Å². The summed E-state index contributed by atoms with van der Waals surface area (Å²) < 4.78 is 40.0. The fourth-order valence-corrected chi connectivity index (χ4v) is 2.96. The Labute approximate surface area is 153 Å². The molecule has 1 aromatic rings. The maximum atomic E-state index is 13.3. The van der Waals surface area contributed by atoms with Crippen LogP contribution in [0, 0.1) is 0 Å². The number of amides is 1. The van der Waals surface area contributed by atoms with Crippen LogP contribution in [0.25, 0.3) is 0 Å². The van der Waals surface area contributed by atoms with Gasteiger partial charge in [0.25, 0.3) is 5.91 Å². The summed E-state index contributed by atoms with van der Waals surface area (Å²) in [7, 11) is 0. The van der Waals surface area contributed by atoms with E-state index < -0.39 is 53.5 Å². The second-order valence-electron chi connectivity index (χ2n) is 5.94. The maximum absolute atomic E-state index is 13.3. The monoisotopic (exact) mass is 390 g/mol. The third-order valence-electron chi connectivity index (χ3n) is 4.39. The minimum atomic E-state index is -4.88. The number of hydrogen-bond donors (Lipinski definition) is 3. The van der Waals surface area contributed by atoms with Crippen LogP contribution < -0.4 is 5.73 Å². The number of anilines is 1. The average molecular weight is 390 g/mol. The van der Waals surface area contributed by atoms with Crippen LogP contribution in [0.4, 0.5) is 18.9 Å². The Kier molecular flexibility index (Phi) is 6.82. The van der Waals surface area contributed by atoms with E-state index in [1.165, 1.54) is 13.8 Å². The number of carbonyl (C=O) groups excluding carboxylic acids is 1. The molecule has 0 spiro atoms. The highest BCUT2D eigenvalue weighted by atomic mass is 19.4. The van der Waals surface area contributed by atoms with Crippen molar-refractivity contribution >= 4 is 23.5 Å².